The summed E-state index contributed by atoms with van der Waals surface area (Å²) in [6.45, 7) is 3.14. The molecule has 1 N–H and O–H groups in total. The summed E-state index contributed by atoms with van der Waals surface area (Å²) >= 11 is 0. The predicted molar refractivity (Wildman–Crippen MR) is 78.7 cm³/mol. The third kappa shape index (κ3) is 3.67. The average Bonchev–Trinajstić information content (AvgIpc) is 2.87. The number of amides is 1. The van der Waals surface area contributed by atoms with Gasteiger partial charge in [-0.15, -0.1) is 0 Å². The van der Waals surface area contributed by atoms with Gasteiger partial charge in [-0.05, 0) is 44.5 Å². The molecule has 0 saturated carbocycles. The van der Waals surface area contributed by atoms with Crippen molar-refractivity contribution >= 4 is 11.5 Å². The molecule has 0 aromatic heterocycles. The Morgan fingerprint density at radius 2 is 2.24 bits per heavy atom. The first kappa shape index (κ1) is 15.6. The summed E-state index contributed by atoms with van der Waals surface area (Å²) < 4.78 is 26.6. The summed E-state index contributed by atoms with van der Waals surface area (Å²) in [5.41, 5.74) is 0.765. The molecule has 21 heavy (non-hydrogen) atoms. The first-order valence-electron chi connectivity index (χ1n) is 7.12. The van der Waals surface area contributed by atoms with E-state index < -0.39 is 11.6 Å². The second-order valence-electron chi connectivity index (χ2n) is 5.34. The van der Waals surface area contributed by atoms with Crippen LogP contribution in [0.5, 0.6) is 0 Å². The van der Waals surface area contributed by atoms with Crippen LogP contribution in [0, 0.1) is 11.6 Å². The predicted octanol–water partition coefficient (Wildman–Crippen LogP) is 2.58. The minimum Gasteiger partial charge on any atom is -0.335 e. The first-order valence-corrected chi connectivity index (χ1v) is 7.12. The highest BCUT2D eigenvalue weighted by atomic mass is 19.1. The summed E-state index contributed by atoms with van der Waals surface area (Å²) in [5.74, 6) is -1.39. The lowest BCUT2D eigenvalue weighted by Gasteiger charge is -2.23. The molecule has 3 nitrogen and oxygen atoms in total. The van der Waals surface area contributed by atoms with E-state index in [2.05, 4.69) is 5.32 Å². The Balaban J connectivity index is 2.16. The Morgan fingerprint density at radius 3 is 2.90 bits per heavy atom. The maximum absolute atomic E-state index is 13.7. The Morgan fingerprint density at radius 1 is 1.48 bits per heavy atom. The number of hydrogen-bond acceptors (Lipinski definition) is 2. The van der Waals surface area contributed by atoms with Gasteiger partial charge in [0.2, 0.25) is 5.91 Å². The van der Waals surface area contributed by atoms with E-state index in [1.54, 1.807) is 11.8 Å². The van der Waals surface area contributed by atoms with Crippen LogP contribution in [0.15, 0.2) is 24.3 Å². The van der Waals surface area contributed by atoms with Crippen molar-refractivity contribution in [3.63, 3.8) is 0 Å². The number of halogens is 2. The average molecular weight is 294 g/mol. The van der Waals surface area contributed by atoms with E-state index >= 15 is 0 Å². The highest BCUT2D eigenvalue weighted by molar-refractivity contribution is 5.95. The molecule has 1 fully saturated rings. The number of nitrogens with zero attached hydrogens (tertiary/aromatic N) is 1. The van der Waals surface area contributed by atoms with Crippen molar-refractivity contribution in [3.8, 4) is 0 Å². The number of likely N-dealkylation sites (N-methyl/N-ethyl adjacent to an activating group) is 1. The minimum absolute atomic E-state index is 0.117. The fourth-order valence-corrected chi connectivity index (χ4v) is 2.73. The third-order valence-corrected chi connectivity index (χ3v) is 3.80. The van der Waals surface area contributed by atoms with Gasteiger partial charge in [0.15, 0.2) is 0 Å². The van der Waals surface area contributed by atoms with Gasteiger partial charge in [0.05, 0.1) is 0 Å². The first-order chi connectivity index (χ1) is 10.0. The number of rotatable bonds is 4. The van der Waals surface area contributed by atoms with Crippen LogP contribution >= 0.6 is 0 Å². The highest BCUT2D eigenvalue weighted by Crippen LogP contribution is 2.21. The zero-order chi connectivity index (χ0) is 15.4. The molecule has 0 radical (unpaired) electrons. The van der Waals surface area contributed by atoms with Crippen molar-refractivity contribution < 1.29 is 13.6 Å². The summed E-state index contributed by atoms with van der Waals surface area (Å²) in [7, 11) is 1.86. The van der Waals surface area contributed by atoms with Gasteiger partial charge in [0.25, 0.3) is 0 Å². The summed E-state index contributed by atoms with van der Waals surface area (Å²) in [4.78, 5) is 14.1. The van der Waals surface area contributed by atoms with E-state index in [9.17, 15) is 13.6 Å². The molecule has 1 unspecified atom stereocenters. The number of benzene rings is 1. The Kier molecular flexibility index (Phi) is 5.07. The number of carbonyl (C=O) groups is 1. The molecule has 1 aromatic carbocycles. The maximum Gasteiger partial charge on any atom is 0.247 e. The van der Waals surface area contributed by atoms with Gasteiger partial charge < -0.3 is 10.2 Å². The van der Waals surface area contributed by atoms with E-state index in [0.29, 0.717) is 5.57 Å². The monoisotopic (exact) mass is 294 g/mol. The van der Waals surface area contributed by atoms with Crippen molar-refractivity contribution in [1.29, 1.82) is 0 Å². The number of nitrogens with one attached hydrogen (secondary N) is 1. The van der Waals surface area contributed by atoms with E-state index in [4.69, 9.17) is 0 Å². The zero-order valence-corrected chi connectivity index (χ0v) is 12.3. The van der Waals surface area contributed by atoms with Crippen molar-refractivity contribution in [2.45, 2.75) is 25.8 Å². The van der Waals surface area contributed by atoms with Crippen molar-refractivity contribution in [2.75, 3.05) is 20.1 Å². The number of carbonyl (C=O) groups excluding carboxylic acids is 1. The molecule has 1 heterocycles. The molecule has 1 aromatic rings. The van der Waals surface area contributed by atoms with Crippen LogP contribution < -0.4 is 5.32 Å². The van der Waals surface area contributed by atoms with E-state index in [1.165, 1.54) is 18.2 Å². The van der Waals surface area contributed by atoms with Crippen LogP contribution in [0.1, 0.15) is 25.3 Å². The molecule has 0 bridgehead atoms. The van der Waals surface area contributed by atoms with Crippen LogP contribution in [0.2, 0.25) is 0 Å². The van der Waals surface area contributed by atoms with Crippen molar-refractivity contribution in [2.24, 2.45) is 0 Å². The van der Waals surface area contributed by atoms with E-state index in [1.807, 2.05) is 7.05 Å². The molecule has 1 saturated heterocycles. The largest absolute Gasteiger partial charge is 0.335 e. The Hall–Kier alpha value is -1.75. The Bertz CT molecular complexity index is 557. The molecule has 1 amide bonds. The fourth-order valence-electron chi connectivity index (χ4n) is 2.73. The lowest BCUT2D eigenvalue weighted by molar-refractivity contribution is -0.126. The van der Waals surface area contributed by atoms with Gasteiger partial charge in [-0.3, -0.25) is 4.79 Å². The molecule has 114 valence electrons. The Labute approximate surface area is 123 Å². The molecule has 1 aliphatic rings. The van der Waals surface area contributed by atoms with E-state index in [0.717, 1.165) is 32.0 Å². The molecule has 1 aliphatic heterocycles. The van der Waals surface area contributed by atoms with Crippen LogP contribution in [0.3, 0.4) is 0 Å². The number of hydrogen-bond donors (Lipinski definition) is 1. The zero-order valence-electron chi connectivity index (χ0n) is 12.3. The standard InChI is InChI=1S/C16H20F2N2O/c1-11(14-6-5-12(17)9-15(14)18)8-16(21)20-7-3-4-13(20)10-19-2/h5-6,8-9,13,19H,3-4,7,10H2,1-2H3/b11-8+. The third-order valence-electron chi connectivity index (χ3n) is 3.80. The second kappa shape index (κ2) is 6.80. The summed E-state index contributed by atoms with van der Waals surface area (Å²) in [6.07, 6.45) is 3.39. The van der Waals surface area contributed by atoms with Crippen LogP contribution in [-0.2, 0) is 4.79 Å². The lowest BCUT2D eigenvalue weighted by Crippen LogP contribution is -2.40. The summed E-state index contributed by atoms with van der Waals surface area (Å²) in [5, 5.41) is 3.08. The highest BCUT2D eigenvalue weighted by Gasteiger charge is 2.27. The minimum atomic E-state index is -0.648. The maximum atomic E-state index is 13.7. The quantitative estimate of drug-likeness (QED) is 0.866. The van der Waals surface area contributed by atoms with Crippen LogP contribution in [0.4, 0.5) is 8.78 Å². The molecule has 1 atom stereocenters. The van der Waals surface area contributed by atoms with Gasteiger partial charge in [0, 0.05) is 36.8 Å². The molecule has 5 heteroatoms. The van der Waals surface area contributed by atoms with Gasteiger partial charge in [0.1, 0.15) is 11.6 Å². The molecule has 0 spiro atoms. The smallest absolute Gasteiger partial charge is 0.247 e. The normalized spacial score (nSPS) is 19.1. The second-order valence-corrected chi connectivity index (χ2v) is 5.34. The van der Waals surface area contributed by atoms with E-state index in [-0.39, 0.29) is 17.5 Å². The van der Waals surface area contributed by atoms with Gasteiger partial charge in [-0.1, -0.05) is 0 Å². The molecule has 0 aliphatic carbocycles. The summed E-state index contributed by atoms with van der Waals surface area (Å²) in [6, 6.07) is 3.57. The van der Waals surface area contributed by atoms with Crippen molar-refractivity contribution in [3.05, 3.63) is 41.5 Å². The van der Waals surface area contributed by atoms with Gasteiger partial charge in [-0.2, -0.15) is 0 Å². The van der Waals surface area contributed by atoms with Gasteiger partial charge >= 0.3 is 0 Å². The van der Waals surface area contributed by atoms with Crippen molar-refractivity contribution in [1.82, 2.24) is 10.2 Å². The van der Waals surface area contributed by atoms with Gasteiger partial charge in [-0.25, -0.2) is 8.78 Å². The SMILES string of the molecule is CNCC1CCCN1C(=O)/C=C(\C)c1ccc(F)cc1F. The molecular weight excluding hydrogens is 274 g/mol. The number of likely N-dealkylation sites (tertiary alicyclic amines) is 1. The topological polar surface area (TPSA) is 32.3 Å². The molecular formula is C16H20F2N2O. The number of allylic oxidation sites excluding steroid dienone is 1. The lowest BCUT2D eigenvalue weighted by atomic mass is 10.1. The molecule has 2 rings (SSSR count). The van der Waals surface area contributed by atoms with Crippen LogP contribution in [0.25, 0.3) is 5.57 Å². The fraction of sp³-hybridized carbons (Fsp3) is 0.438. The van der Waals surface area contributed by atoms with Crippen LogP contribution in [-0.4, -0.2) is 37.0 Å².